The lowest BCUT2D eigenvalue weighted by atomic mass is 10.1. The standard InChI is InChI=1S/C23H27N5O2S/c1-17-3-2-4-19(15-17)26-23-28(10-9-25-22(24)29)21(16-31-23)18-5-7-20(8-6-18)27-11-13-30-14-12-27/h2-8,15-16H,9-14H2,1H3,(H3,24,25,29). The van der Waals surface area contributed by atoms with Crippen molar-refractivity contribution in [1.82, 2.24) is 9.88 Å². The van der Waals surface area contributed by atoms with Crippen LogP contribution in [0, 0.1) is 6.92 Å². The summed E-state index contributed by atoms with van der Waals surface area (Å²) < 4.78 is 7.58. The number of thiazole rings is 1. The Kier molecular flexibility index (Phi) is 6.69. The number of anilines is 1. The fourth-order valence-corrected chi connectivity index (χ4v) is 4.58. The Morgan fingerprint density at radius 2 is 1.97 bits per heavy atom. The van der Waals surface area contributed by atoms with Crippen LogP contribution in [0.3, 0.4) is 0 Å². The minimum absolute atomic E-state index is 0.436. The molecule has 0 unspecified atom stereocenters. The van der Waals surface area contributed by atoms with Gasteiger partial charge in [0.1, 0.15) is 0 Å². The summed E-state index contributed by atoms with van der Waals surface area (Å²) in [6.45, 7) is 6.43. The van der Waals surface area contributed by atoms with E-state index in [1.54, 1.807) is 11.3 Å². The lowest BCUT2D eigenvalue weighted by Crippen LogP contribution is -2.36. The molecule has 2 aromatic carbocycles. The molecule has 7 nitrogen and oxygen atoms in total. The molecule has 2 heterocycles. The van der Waals surface area contributed by atoms with Gasteiger partial charge in [-0.2, -0.15) is 0 Å². The van der Waals surface area contributed by atoms with E-state index < -0.39 is 6.03 Å². The number of nitrogens with zero attached hydrogens (tertiary/aromatic N) is 3. The number of primary amides is 1. The second-order valence-electron chi connectivity index (χ2n) is 7.44. The first-order chi connectivity index (χ1) is 15.1. The molecule has 1 aliphatic heterocycles. The molecule has 3 N–H and O–H groups in total. The topological polar surface area (TPSA) is 84.9 Å². The molecule has 0 atom stereocenters. The number of aromatic nitrogens is 1. The normalized spacial score (nSPS) is 14.6. The fraction of sp³-hybridized carbons (Fsp3) is 0.304. The summed E-state index contributed by atoms with van der Waals surface area (Å²) in [4.78, 5) is 19.2. The van der Waals surface area contributed by atoms with Crippen LogP contribution < -0.4 is 20.8 Å². The third kappa shape index (κ3) is 5.34. The Labute approximate surface area is 185 Å². The number of carbonyl (C=O) groups excluding carboxylic acids is 1. The van der Waals surface area contributed by atoms with Gasteiger partial charge in [-0.15, -0.1) is 11.3 Å². The van der Waals surface area contributed by atoms with E-state index in [0.29, 0.717) is 13.1 Å². The van der Waals surface area contributed by atoms with E-state index in [1.807, 2.05) is 12.1 Å². The number of nitrogens with one attached hydrogen (secondary N) is 1. The lowest BCUT2D eigenvalue weighted by molar-refractivity contribution is 0.122. The maximum Gasteiger partial charge on any atom is 0.312 e. The number of hydrogen-bond acceptors (Lipinski definition) is 5. The van der Waals surface area contributed by atoms with Gasteiger partial charge < -0.3 is 25.3 Å². The van der Waals surface area contributed by atoms with Crippen LogP contribution in [0.2, 0.25) is 0 Å². The monoisotopic (exact) mass is 437 g/mol. The van der Waals surface area contributed by atoms with Crippen molar-refractivity contribution in [1.29, 1.82) is 0 Å². The number of ether oxygens (including phenoxy) is 1. The second kappa shape index (κ2) is 9.80. The highest BCUT2D eigenvalue weighted by molar-refractivity contribution is 7.07. The Morgan fingerprint density at radius 3 is 2.68 bits per heavy atom. The number of rotatable bonds is 6. The third-order valence-electron chi connectivity index (χ3n) is 5.20. The van der Waals surface area contributed by atoms with Crippen LogP contribution in [0.5, 0.6) is 0 Å². The number of amides is 2. The first-order valence-corrected chi connectivity index (χ1v) is 11.2. The Bertz CT molecular complexity index is 1100. The van der Waals surface area contributed by atoms with Crippen LogP contribution in [-0.2, 0) is 11.3 Å². The van der Waals surface area contributed by atoms with Crippen molar-refractivity contribution in [2.75, 3.05) is 37.7 Å². The molecule has 31 heavy (non-hydrogen) atoms. The van der Waals surface area contributed by atoms with Crippen molar-refractivity contribution in [2.24, 2.45) is 10.7 Å². The van der Waals surface area contributed by atoms with Gasteiger partial charge in [0.25, 0.3) is 0 Å². The van der Waals surface area contributed by atoms with E-state index in [0.717, 1.165) is 48.0 Å². The SMILES string of the molecule is Cc1cccc(N=c2scc(-c3ccc(N4CCOCC4)cc3)n2CCNC(N)=O)c1. The summed E-state index contributed by atoms with van der Waals surface area (Å²) in [5, 5.41) is 4.79. The van der Waals surface area contributed by atoms with Gasteiger partial charge in [-0.1, -0.05) is 24.3 Å². The number of aryl methyl sites for hydroxylation is 1. The zero-order chi connectivity index (χ0) is 21.6. The van der Waals surface area contributed by atoms with Crippen LogP contribution in [0.1, 0.15) is 5.56 Å². The van der Waals surface area contributed by atoms with Crippen LogP contribution in [0.15, 0.2) is 58.9 Å². The van der Waals surface area contributed by atoms with Gasteiger partial charge in [-0.25, -0.2) is 9.79 Å². The summed E-state index contributed by atoms with van der Waals surface area (Å²) in [5.74, 6) is 0. The molecule has 0 bridgehead atoms. The van der Waals surface area contributed by atoms with Gasteiger partial charge in [0.15, 0.2) is 4.80 Å². The smallest absolute Gasteiger partial charge is 0.312 e. The van der Waals surface area contributed by atoms with Gasteiger partial charge in [-0.3, -0.25) is 0 Å². The number of benzene rings is 2. The van der Waals surface area contributed by atoms with Gasteiger partial charge in [0.05, 0.1) is 24.6 Å². The highest BCUT2D eigenvalue weighted by Gasteiger charge is 2.13. The minimum Gasteiger partial charge on any atom is -0.378 e. The number of carbonyl (C=O) groups is 1. The molecular weight excluding hydrogens is 410 g/mol. The first kappa shape index (κ1) is 21.1. The predicted octanol–water partition coefficient (Wildman–Crippen LogP) is 3.26. The van der Waals surface area contributed by atoms with E-state index in [1.165, 1.54) is 11.3 Å². The molecule has 0 radical (unpaired) electrons. The maximum absolute atomic E-state index is 11.2. The second-order valence-corrected chi connectivity index (χ2v) is 8.28. The van der Waals surface area contributed by atoms with Crippen molar-refractivity contribution < 1.29 is 9.53 Å². The van der Waals surface area contributed by atoms with Crippen molar-refractivity contribution in [2.45, 2.75) is 13.5 Å². The van der Waals surface area contributed by atoms with Gasteiger partial charge >= 0.3 is 6.03 Å². The van der Waals surface area contributed by atoms with Crippen molar-refractivity contribution in [3.8, 4) is 11.3 Å². The van der Waals surface area contributed by atoms with E-state index >= 15 is 0 Å². The largest absolute Gasteiger partial charge is 0.378 e. The maximum atomic E-state index is 11.2. The van der Waals surface area contributed by atoms with Crippen molar-refractivity contribution in [3.63, 3.8) is 0 Å². The lowest BCUT2D eigenvalue weighted by Gasteiger charge is -2.28. The number of hydrogen-bond donors (Lipinski definition) is 2. The Hall–Kier alpha value is -3.10. The summed E-state index contributed by atoms with van der Waals surface area (Å²) in [6.07, 6.45) is 0. The van der Waals surface area contributed by atoms with Crippen molar-refractivity contribution in [3.05, 3.63) is 64.3 Å². The molecule has 0 aliphatic carbocycles. The van der Waals surface area contributed by atoms with E-state index in [9.17, 15) is 4.79 Å². The molecule has 1 fully saturated rings. The number of morpholine rings is 1. The average molecular weight is 438 g/mol. The van der Waals surface area contributed by atoms with Crippen molar-refractivity contribution >= 4 is 28.7 Å². The summed E-state index contributed by atoms with van der Waals surface area (Å²) in [7, 11) is 0. The molecule has 162 valence electrons. The summed E-state index contributed by atoms with van der Waals surface area (Å²) in [6, 6.07) is 16.2. The number of urea groups is 1. The molecule has 3 aromatic rings. The van der Waals surface area contributed by atoms with Gasteiger partial charge in [-0.05, 0) is 42.3 Å². The van der Waals surface area contributed by atoms with E-state index in [2.05, 4.69) is 63.5 Å². The van der Waals surface area contributed by atoms with Crippen LogP contribution in [-0.4, -0.2) is 43.4 Å². The fourth-order valence-electron chi connectivity index (χ4n) is 3.63. The molecule has 1 saturated heterocycles. The molecule has 8 heteroatoms. The zero-order valence-electron chi connectivity index (χ0n) is 17.6. The third-order valence-corrected chi connectivity index (χ3v) is 6.06. The molecule has 0 spiro atoms. The molecule has 2 amide bonds. The molecule has 1 aromatic heterocycles. The Balaban J connectivity index is 1.66. The van der Waals surface area contributed by atoms with Crippen LogP contribution in [0.25, 0.3) is 11.3 Å². The van der Waals surface area contributed by atoms with E-state index in [4.69, 9.17) is 15.5 Å². The number of nitrogens with two attached hydrogens (primary N) is 1. The quantitative estimate of drug-likeness (QED) is 0.621. The van der Waals surface area contributed by atoms with Crippen LogP contribution >= 0.6 is 11.3 Å². The summed E-state index contributed by atoms with van der Waals surface area (Å²) in [5.41, 5.74) is 10.7. The van der Waals surface area contributed by atoms with E-state index in [-0.39, 0.29) is 0 Å². The molecule has 0 saturated carbocycles. The predicted molar refractivity (Wildman–Crippen MR) is 125 cm³/mol. The minimum atomic E-state index is -0.524. The van der Waals surface area contributed by atoms with Crippen LogP contribution in [0.4, 0.5) is 16.2 Å². The Morgan fingerprint density at radius 1 is 1.19 bits per heavy atom. The average Bonchev–Trinajstić information content (AvgIpc) is 3.16. The van der Waals surface area contributed by atoms with Gasteiger partial charge in [0, 0.05) is 37.2 Å². The molecule has 1 aliphatic rings. The van der Waals surface area contributed by atoms with Gasteiger partial charge in [0.2, 0.25) is 0 Å². The molecule has 4 rings (SSSR count). The molecular formula is C23H27N5O2S. The zero-order valence-corrected chi connectivity index (χ0v) is 18.4. The highest BCUT2D eigenvalue weighted by atomic mass is 32.1. The summed E-state index contributed by atoms with van der Waals surface area (Å²) >= 11 is 1.59. The highest BCUT2D eigenvalue weighted by Crippen LogP contribution is 2.25. The first-order valence-electron chi connectivity index (χ1n) is 10.4.